The van der Waals surface area contributed by atoms with E-state index in [2.05, 4.69) is 0 Å². The van der Waals surface area contributed by atoms with Crippen molar-refractivity contribution in [3.8, 4) is 0 Å². The minimum Gasteiger partial charge on any atom is -0.481 e. The molecule has 1 heterocycles. The third kappa shape index (κ3) is 2.83. The molecule has 1 aliphatic heterocycles. The molecule has 1 aliphatic rings. The first-order valence-electron chi connectivity index (χ1n) is 6.32. The van der Waals surface area contributed by atoms with Gasteiger partial charge < -0.3 is 5.11 Å². The van der Waals surface area contributed by atoms with Crippen molar-refractivity contribution in [2.45, 2.75) is 37.1 Å². The van der Waals surface area contributed by atoms with Crippen LogP contribution in [0.1, 0.15) is 24.8 Å². The van der Waals surface area contributed by atoms with Crippen molar-refractivity contribution in [2.24, 2.45) is 0 Å². The number of aryl methyl sites for hydroxylation is 1. The normalized spacial score (nSPS) is 20.2. The molecule has 7 heteroatoms. The molecule has 0 aliphatic carbocycles. The zero-order valence-electron chi connectivity index (χ0n) is 11.0. The fraction of sp³-hybridized carbons (Fsp3) is 0.462. The number of rotatable bonds is 4. The van der Waals surface area contributed by atoms with E-state index in [1.54, 1.807) is 6.92 Å². The van der Waals surface area contributed by atoms with Crippen LogP contribution >= 0.6 is 0 Å². The maximum Gasteiger partial charge on any atom is 0.304 e. The lowest BCUT2D eigenvalue weighted by Gasteiger charge is -2.23. The van der Waals surface area contributed by atoms with Gasteiger partial charge in [0.2, 0.25) is 10.0 Å². The second-order valence-electron chi connectivity index (χ2n) is 4.94. The van der Waals surface area contributed by atoms with Crippen LogP contribution in [0.4, 0.5) is 4.39 Å². The fourth-order valence-corrected chi connectivity index (χ4v) is 4.31. The van der Waals surface area contributed by atoms with Crippen LogP contribution in [0.25, 0.3) is 0 Å². The Balaban J connectivity index is 2.39. The fourth-order valence-electron chi connectivity index (χ4n) is 2.47. The van der Waals surface area contributed by atoms with Crippen molar-refractivity contribution in [3.63, 3.8) is 0 Å². The SMILES string of the molecule is Cc1ccc(F)c(S(=O)(=O)N2CCCC2CC(=O)O)c1. The topological polar surface area (TPSA) is 74.7 Å². The Morgan fingerprint density at radius 1 is 1.50 bits per heavy atom. The number of carboxylic acids is 1. The average Bonchev–Trinajstić information content (AvgIpc) is 2.80. The van der Waals surface area contributed by atoms with Crippen molar-refractivity contribution in [2.75, 3.05) is 6.54 Å². The molecule has 1 aromatic rings. The number of benzene rings is 1. The third-order valence-corrected chi connectivity index (χ3v) is 5.37. The summed E-state index contributed by atoms with van der Waals surface area (Å²) in [7, 11) is -3.99. The molecule has 2 rings (SSSR count). The highest BCUT2D eigenvalue weighted by Crippen LogP contribution is 2.29. The standard InChI is InChI=1S/C13H16FNO4S/c1-9-4-5-11(14)12(7-9)20(18,19)15-6-2-3-10(15)8-13(16)17/h4-5,7,10H,2-3,6,8H2,1H3,(H,16,17). The summed E-state index contributed by atoms with van der Waals surface area (Å²) >= 11 is 0. The van der Waals surface area contributed by atoms with Crippen LogP contribution in [-0.2, 0) is 14.8 Å². The minimum atomic E-state index is -3.99. The van der Waals surface area contributed by atoms with E-state index in [-0.39, 0.29) is 17.9 Å². The molecule has 1 fully saturated rings. The quantitative estimate of drug-likeness (QED) is 0.919. The van der Waals surface area contributed by atoms with Crippen LogP contribution in [0.15, 0.2) is 23.1 Å². The monoisotopic (exact) mass is 301 g/mol. The van der Waals surface area contributed by atoms with Gasteiger partial charge >= 0.3 is 5.97 Å². The largest absolute Gasteiger partial charge is 0.481 e. The Morgan fingerprint density at radius 2 is 2.20 bits per heavy atom. The van der Waals surface area contributed by atoms with Gasteiger partial charge in [-0.2, -0.15) is 4.31 Å². The Labute approximate surface area is 117 Å². The second kappa shape index (κ2) is 5.49. The molecule has 0 spiro atoms. The first-order valence-corrected chi connectivity index (χ1v) is 7.76. The summed E-state index contributed by atoms with van der Waals surface area (Å²) in [6.45, 7) is 1.91. The van der Waals surface area contributed by atoms with E-state index >= 15 is 0 Å². The Bertz CT molecular complexity index is 629. The molecule has 5 nitrogen and oxygen atoms in total. The van der Waals surface area contributed by atoms with Crippen molar-refractivity contribution < 1.29 is 22.7 Å². The molecule has 1 atom stereocenters. The predicted octanol–water partition coefficient (Wildman–Crippen LogP) is 1.76. The minimum absolute atomic E-state index is 0.230. The van der Waals surface area contributed by atoms with Gasteiger partial charge in [-0.1, -0.05) is 6.07 Å². The number of hydrogen-bond donors (Lipinski definition) is 1. The van der Waals surface area contributed by atoms with E-state index in [9.17, 15) is 17.6 Å². The highest BCUT2D eigenvalue weighted by molar-refractivity contribution is 7.89. The van der Waals surface area contributed by atoms with Gasteiger partial charge in [0.25, 0.3) is 0 Å². The lowest BCUT2D eigenvalue weighted by atomic mass is 10.2. The molecule has 20 heavy (non-hydrogen) atoms. The van der Waals surface area contributed by atoms with Crippen LogP contribution in [0.2, 0.25) is 0 Å². The van der Waals surface area contributed by atoms with Crippen LogP contribution < -0.4 is 0 Å². The van der Waals surface area contributed by atoms with E-state index in [1.165, 1.54) is 12.1 Å². The molecule has 1 N–H and O–H groups in total. The number of nitrogens with zero attached hydrogens (tertiary/aromatic N) is 1. The molecule has 0 radical (unpaired) electrons. The van der Waals surface area contributed by atoms with Crippen LogP contribution in [0, 0.1) is 12.7 Å². The van der Waals surface area contributed by atoms with Gasteiger partial charge in [0.1, 0.15) is 10.7 Å². The van der Waals surface area contributed by atoms with Gasteiger partial charge in [-0.25, -0.2) is 12.8 Å². The molecular formula is C13H16FNO4S. The number of aliphatic carboxylic acids is 1. The lowest BCUT2D eigenvalue weighted by Crippen LogP contribution is -2.37. The second-order valence-corrected chi connectivity index (χ2v) is 6.80. The Kier molecular flexibility index (Phi) is 4.10. The van der Waals surface area contributed by atoms with Gasteiger partial charge in [-0.05, 0) is 37.5 Å². The van der Waals surface area contributed by atoms with Crippen molar-refractivity contribution >= 4 is 16.0 Å². The molecular weight excluding hydrogens is 285 g/mol. The molecule has 1 saturated heterocycles. The molecule has 1 unspecified atom stereocenters. The summed E-state index contributed by atoms with van der Waals surface area (Å²) in [5.41, 5.74) is 0.638. The van der Waals surface area contributed by atoms with Gasteiger partial charge in [-0.3, -0.25) is 4.79 Å². The smallest absolute Gasteiger partial charge is 0.304 e. The maximum atomic E-state index is 13.8. The summed E-state index contributed by atoms with van der Waals surface area (Å²) in [5.74, 6) is -1.86. The Morgan fingerprint density at radius 3 is 2.85 bits per heavy atom. The van der Waals surface area contributed by atoms with Crippen molar-refractivity contribution in [1.82, 2.24) is 4.31 Å². The number of carboxylic acid groups (broad SMARTS) is 1. The molecule has 0 saturated carbocycles. The molecule has 1 aromatic carbocycles. The Hall–Kier alpha value is -1.47. The molecule has 0 bridgehead atoms. The number of hydrogen-bond acceptors (Lipinski definition) is 3. The first kappa shape index (κ1) is 14.9. The lowest BCUT2D eigenvalue weighted by molar-refractivity contribution is -0.137. The van der Waals surface area contributed by atoms with Crippen LogP contribution in [0.5, 0.6) is 0 Å². The van der Waals surface area contributed by atoms with E-state index in [1.807, 2.05) is 0 Å². The summed E-state index contributed by atoms with van der Waals surface area (Å²) < 4.78 is 39.9. The van der Waals surface area contributed by atoms with Gasteiger partial charge in [0.15, 0.2) is 0 Å². The van der Waals surface area contributed by atoms with E-state index < -0.39 is 27.9 Å². The number of carbonyl (C=O) groups is 1. The summed E-state index contributed by atoms with van der Waals surface area (Å²) in [5, 5.41) is 8.83. The highest BCUT2D eigenvalue weighted by Gasteiger charge is 2.37. The van der Waals surface area contributed by atoms with Crippen molar-refractivity contribution in [1.29, 1.82) is 0 Å². The predicted molar refractivity (Wildman–Crippen MR) is 70.3 cm³/mol. The molecule has 110 valence electrons. The van der Waals surface area contributed by atoms with Gasteiger partial charge in [0, 0.05) is 12.6 Å². The zero-order valence-corrected chi connectivity index (χ0v) is 11.9. The van der Waals surface area contributed by atoms with Crippen molar-refractivity contribution in [3.05, 3.63) is 29.6 Å². The van der Waals surface area contributed by atoms with Gasteiger partial charge in [0.05, 0.1) is 6.42 Å². The highest BCUT2D eigenvalue weighted by atomic mass is 32.2. The maximum absolute atomic E-state index is 13.8. The summed E-state index contributed by atoms with van der Waals surface area (Å²) in [6.07, 6.45) is 0.816. The molecule has 0 amide bonds. The number of halogens is 1. The molecule has 0 aromatic heterocycles. The number of sulfonamides is 1. The van der Waals surface area contributed by atoms with E-state index in [0.29, 0.717) is 18.4 Å². The van der Waals surface area contributed by atoms with E-state index in [0.717, 1.165) is 10.4 Å². The van der Waals surface area contributed by atoms with Crippen LogP contribution in [-0.4, -0.2) is 36.4 Å². The first-order chi connectivity index (χ1) is 9.32. The average molecular weight is 301 g/mol. The third-order valence-electron chi connectivity index (χ3n) is 3.41. The summed E-state index contributed by atoms with van der Waals surface area (Å²) in [4.78, 5) is 10.4. The van der Waals surface area contributed by atoms with E-state index in [4.69, 9.17) is 5.11 Å². The van der Waals surface area contributed by atoms with Gasteiger partial charge in [-0.15, -0.1) is 0 Å². The zero-order chi connectivity index (χ0) is 14.9. The van der Waals surface area contributed by atoms with Crippen LogP contribution in [0.3, 0.4) is 0 Å². The summed E-state index contributed by atoms with van der Waals surface area (Å²) in [6, 6.07) is 3.29.